The third kappa shape index (κ3) is 3.71. The lowest BCUT2D eigenvalue weighted by molar-refractivity contribution is -0.0819. The Kier molecular flexibility index (Phi) is 4.73. The number of ether oxygens (including phenoxy) is 2. The van der Waals surface area contributed by atoms with E-state index in [4.69, 9.17) is 14.0 Å². The molecule has 0 radical (unpaired) electrons. The number of rotatable bonds is 5. The van der Waals surface area contributed by atoms with Crippen LogP contribution in [0.5, 0.6) is 0 Å². The zero-order chi connectivity index (χ0) is 17.1. The Morgan fingerprint density at radius 1 is 1.36 bits per heavy atom. The predicted molar refractivity (Wildman–Crippen MR) is 94.6 cm³/mol. The Bertz CT molecular complexity index is 828. The van der Waals surface area contributed by atoms with Crippen LogP contribution in [0.15, 0.2) is 34.3 Å². The van der Waals surface area contributed by atoms with Crippen molar-refractivity contribution in [2.45, 2.75) is 13.0 Å². The highest BCUT2D eigenvalue weighted by Gasteiger charge is 2.18. The first kappa shape index (κ1) is 16.2. The van der Waals surface area contributed by atoms with Crippen LogP contribution in [0.3, 0.4) is 0 Å². The van der Waals surface area contributed by atoms with Gasteiger partial charge in [0.25, 0.3) is 0 Å². The lowest BCUT2D eigenvalue weighted by Crippen LogP contribution is -2.34. The molecule has 1 aliphatic rings. The molecule has 1 aliphatic heterocycles. The zero-order valence-corrected chi connectivity index (χ0v) is 14.6. The van der Waals surface area contributed by atoms with Gasteiger partial charge in [0.05, 0.1) is 47.8 Å². The Balaban J connectivity index is 1.60. The van der Waals surface area contributed by atoms with Crippen LogP contribution in [0.25, 0.3) is 21.9 Å². The van der Waals surface area contributed by atoms with Crippen LogP contribution in [-0.4, -0.2) is 47.6 Å². The molecule has 7 nitrogen and oxygen atoms in total. The second-order valence-corrected chi connectivity index (χ2v) is 6.66. The standard InChI is InChI=1S/C17H18N4O3S/c1-11-7-14(24-21-11)13-9-19-17(18-8-12-10-22-4-5-23-12)20-16(13)15-3-2-6-25-15/h2-3,6-7,9,12H,4-5,8,10H2,1H3,(H,18,19,20). The van der Waals surface area contributed by atoms with E-state index >= 15 is 0 Å². The molecule has 1 saturated heterocycles. The highest BCUT2D eigenvalue weighted by atomic mass is 32.1. The van der Waals surface area contributed by atoms with E-state index in [2.05, 4.69) is 20.4 Å². The van der Waals surface area contributed by atoms with Gasteiger partial charge in [-0.2, -0.15) is 0 Å². The van der Waals surface area contributed by atoms with Gasteiger partial charge in [-0.3, -0.25) is 0 Å². The summed E-state index contributed by atoms with van der Waals surface area (Å²) in [6, 6.07) is 5.91. The summed E-state index contributed by atoms with van der Waals surface area (Å²) in [6.07, 6.45) is 1.78. The number of thiophene rings is 1. The van der Waals surface area contributed by atoms with E-state index in [9.17, 15) is 0 Å². The highest BCUT2D eigenvalue weighted by Crippen LogP contribution is 2.33. The minimum atomic E-state index is 0.0131. The Hall–Kier alpha value is -2.29. The molecule has 3 aromatic rings. The van der Waals surface area contributed by atoms with Crippen LogP contribution in [0.2, 0.25) is 0 Å². The summed E-state index contributed by atoms with van der Waals surface area (Å²) in [6.45, 7) is 4.35. The molecule has 130 valence electrons. The van der Waals surface area contributed by atoms with Crippen molar-refractivity contribution in [2.24, 2.45) is 0 Å². The molecule has 0 spiro atoms. The van der Waals surface area contributed by atoms with Gasteiger partial charge in [-0.05, 0) is 18.4 Å². The maximum absolute atomic E-state index is 5.63. The third-order valence-electron chi connectivity index (χ3n) is 3.81. The van der Waals surface area contributed by atoms with E-state index in [-0.39, 0.29) is 6.10 Å². The fraction of sp³-hybridized carbons (Fsp3) is 0.353. The molecule has 4 rings (SSSR count). The summed E-state index contributed by atoms with van der Waals surface area (Å²) < 4.78 is 16.4. The number of aromatic nitrogens is 3. The van der Waals surface area contributed by atoms with Crippen molar-refractivity contribution in [2.75, 3.05) is 31.7 Å². The quantitative estimate of drug-likeness (QED) is 0.751. The lowest BCUT2D eigenvalue weighted by Gasteiger charge is -2.23. The lowest BCUT2D eigenvalue weighted by atomic mass is 10.1. The Labute approximate surface area is 149 Å². The van der Waals surface area contributed by atoms with Crippen LogP contribution < -0.4 is 5.32 Å². The molecule has 1 unspecified atom stereocenters. The van der Waals surface area contributed by atoms with Crippen molar-refractivity contribution in [3.8, 4) is 21.9 Å². The molecule has 3 aromatic heterocycles. The van der Waals surface area contributed by atoms with Gasteiger partial charge in [0, 0.05) is 18.8 Å². The van der Waals surface area contributed by atoms with E-state index in [1.807, 2.05) is 30.5 Å². The first-order valence-corrected chi connectivity index (χ1v) is 8.95. The first-order valence-electron chi connectivity index (χ1n) is 8.07. The number of aryl methyl sites for hydroxylation is 1. The van der Waals surface area contributed by atoms with Gasteiger partial charge >= 0.3 is 0 Å². The van der Waals surface area contributed by atoms with Crippen LogP contribution >= 0.6 is 11.3 Å². The van der Waals surface area contributed by atoms with E-state index in [0.29, 0.717) is 38.1 Å². The molecule has 0 amide bonds. The molecule has 0 bridgehead atoms. The molecule has 0 saturated carbocycles. The summed E-state index contributed by atoms with van der Waals surface area (Å²) in [5.41, 5.74) is 2.47. The molecular formula is C17H18N4O3S. The second-order valence-electron chi connectivity index (χ2n) is 5.71. The van der Waals surface area contributed by atoms with Gasteiger partial charge < -0.3 is 19.3 Å². The SMILES string of the molecule is Cc1cc(-c2cnc(NCC3COCCO3)nc2-c2cccs2)on1. The molecule has 25 heavy (non-hydrogen) atoms. The smallest absolute Gasteiger partial charge is 0.223 e. The van der Waals surface area contributed by atoms with Gasteiger partial charge in [0.15, 0.2) is 5.76 Å². The predicted octanol–water partition coefficient (Wildman–Crippen LogP) is 3.00. The van der Waals surface area contributed by atoms with E-state index < -0.39 is 0 Å². The zero-order valence-electron chi connectivity index (χ0n) is 13.8. The van der Waals surface area contributed by atoms with Crippen LogP contribution in [0.4, 0.5) is 5.95 Å². The Morgan fingerprint density at radius 3 is 3.04 bits per heavy atom. The number of hydrogen-bond donors (Lipinski definition) is 1. The van der Waals surface area contributed by atoms with Crippen LogP contribution in [0, 0.1) is 6.92 Å². The third-order valence-corrected chi connectivity index (χ3v) is 4.69. The van der Waals surface area contributed by atoms with Crippen LogP contribution in [-0.2, 0) is 9.47 Å². The van der Waals surface area contributed by atoms with Crippen LogP contribution in [0.1, 0.15) is 5.69 Å². The van der Waals surface area contributed by atoms with E-state index in [1.54, 1.807) is 17.5 Å². The minimum Gasteiger partial charge on any atom is -0.376 e. The van der Waals surface area contributed by atoms with Gasteiger partial charge in [0.1, 0.15) is 0 Å². The molecular weight excluding hydrogens is 340 g/mol. The maximum atomic E-state index is 5.63. The summed E-state index contributed by atoms with van der Waals surface area (Å²) in [4.78, 5) is 10.2. The fourth-order valence-corrected chi connectivity index (χ4v) is 3.33. The molecule has 8 heteroatoms. The van der Waals surface area contributed by atoms with Crippen molar-refractivity contribution in [3.05, 3.63) is 35.5 Å². The van der Waals surface area contributed by atoms with Gasteiger partial charge in [-0.15, -0.1) is 11.3 Å². The highest BCUT2D eigenvalue weighted by molar-refractivity contribution is 7.13. The van der Waals surface area contributed by atoms with E-state index in [1.165, 1.54) is 0 Å². The van der Waals surface area contributed by atoms with Gasteiger partial charge in [-0.1, -0.05) is 11.2 Å². The number of anilines is 1. The number of nitrogens with one attached hydrogen (secondary N) is 1. The molecule has 0 aliphatic carbocycles. The summed E-state index contributed by atoms with van der Waals surface area (Å²) in [7, 11) is 0. The van der Waals surface area contributed by atoms with Crippen molar-refractivity contribution in [1.29, 1.82) is 0 Å². The normalized spacial score (nSPS) is 17.6. The summed E-state index contributed by atoms with van der Waals surface area (Å²) >= 11 is 1.62. The van der Waals surface area contributed by atoms with Crippen molar-refractivity contribution >= 4 is 17.3 Å². The molecule has 1 N–H and O–H groups in total. The molecule has 4 heterocycles. The maximum Gasteiger partial charge on any atom is 0.223 e. The van der Waals surface area contributed by atoms with E-state index in [0.717, 1.165) is 21.8 Å². The molecule has 1 atom stereocenters. The topological polar surface area (TPSA) is 82.3 Å². The number of nitrogens with zero attached hydrogens (tertiary/aromatic N) is 3. The average Bonchev–Trinajstić information content (AvgIpc) is 3.32. The summed E-state index contributed by atoms with van der Waals surface area (Å²) in [5, 5.41) is 9.21. The summed E-state index contributed by atoms with van der Waals surface area (Å²) in [5.74, 6) is 1.22. The van der Waals surface area contributed by atoms with Gasteiger partial charge in [-0.25, -0.2) is 9.97 Å². The first-order chi connectivity index (χ1) is 12.3. The van der Waals surface area contributed by atoms with Crippen molar-refractivity contribution in [1.82, 2.24) is 15.1 Å². The largest absolute Gasteiger partial charge is 0.376 e. The fourth-order valence-electron chi connectivity index (χ4n) is 2.60. The average molecular weight is 358 g/mol. The van der Waals surface area contributed by atoms with Gasteiger partial charge in [0.2, 0.25) is 5.95 Å². The van der Waals surface area contributed by atoms with Crippen molar-refractivity contribution in [3.63, 3.8) is 0 Å². The second kappa shape index (κ2) is 7.30. The van der Waals surface area contributed by atoms with Crippen molar-refractivity contribution < 1.29 is 14.0 Å². The Morgan fingerprint density at radius 2 is 2.32 bits per heavy atom. The molecule has 0 aromatic carbocycles. The molecule has 1 fully saturated rings. The monoisotopic (exact) mass is 358 g/mol. The minimum absolute atomic E-state index is 0.0131. The number of hydrogen-bond acceptors (Lipinski definition) is 8.